The Balaban J connectivity index is 1.43. The number of Topliss-reactive ketones (excluding diaryl/α,β-unsaturated/α-hetero) is 1. The highest BCUT2D eigenvalue weighted by Gasteiger charge is 2.41. The normalized spacial score (nSPS) is 19.6. The number of thiophene rings is 1. The lowest BCUT2D eigenvalue weighted by Crippen LogP contribution is -2.35. The second-order valence-electron chi connectivity index (χ2n) is 9.37. The van der Waals surface area contributed by atoms with E-state index in [9.17, 15) is 9.59 Å². The smallest absolute Gasteiger partial charge is 0.337 e. The first kappa shape index (κ1) is 24.1. The molecule has 184 valence electrons. The molecule has 1 N–H and O–H groups in total. The van der Waals surface area contributed by atoms with E-state index in [-0.39, 0.29) is 18.3 Å². The zero-order valence-corrected chi connectivity index (χ0v) is 21.5. The molecule has 1 aliphatic heterocycles. The summed E-state index contributed by atoms with van der Waals surface area (Å²) in [4.78, 5) is 28.0. The molecule has 2 heterocycles. The molecule has 0 saturated carbocycles. The molecule has 36 heavy (non-hydrogen) atoms. The average Bonchev–Trinajstić information content (AvgIpc) is 3.42. The molecule has 0 bridgehead atoms. The van der Waals surface area contributed by atoms with Crippen LogP contribution in [0.2, 0.25) is 0 Å². The Morgan fingerprint density at radius 2 is 1.78 bits per heavy atom. The minimum absolute atomic E-state index is 0.0840. The van der Waals surface area contributed by atoms with E-state index in [0.717, 1.165) is 34.0 Å². The van der Waals surface area contributed by atoms with Gasteiger partial charge in [-0.2, -0.15) is 0 Å². The Morgan fingerprint density at radius 1 is 1.03 bits per heavy atom. The first-order valence-electron chi connectivity index (χ1n) is 12.1. The zero-order valence-electron chi connectivity index (χ0n) is 20.7. The van der Waals surface area contributed by atoms with Crippen LogP contribution >= 0.6 is 11.3 Å². The summed E-state index contributed by atoms with van der Waals surface area (Å²) < 4.78 is 11.0. The summed E-state index contributed by atoms with van der Waals surface area (Å²) in [6.45, 7) is 4.11. The van der Waals surface area contributed by atoms with E-state index >= 15 is 0 Å². The number of ketones is 1. The molecule has 5 rings (SSSR count). The number of methoxy groups -OCH3 is 1. The molecule has 5 nitrogen and oxygen atoms in total. The van der Waals surface area contributed by atoms with Crippen LogP contribution in [0.5, 0.6) is 5.75 Å². The fourth-order valence-corrected chi connectivity index (χ4v) is 5.92. The highest BCUT2D eigenvalue weighted by molar-refractivity contribution is 7.10. The number of ether oxygens (including phenoxy) is 2. The third-order valence-corrected chi connectivity index (χ3v) is 7.89. The molecule has 0 fully saturated rings. The van der Waals surface area contributed by atoms with Crippen molar-refractivity contribution in [1.29, 1.82) is 0 Å². The number of carbonyl (C=O) groups is 2. The van der Waals surface area contributed by atoms with Gasteiger partial charge in [0.25, 0.3) is 0 Å². The van der Waals surface area contributed by atoms with Crippen molar-refractivity contribution in [3.63, 3.8) is 0 Å². The minimum atomic E-state index is -0.420. The van der Waals surface area contributed by atoms with Crippen LogP contribution in [0, 0.1) is 6.92 Å². The highest BCUT2D eigenvalue weighted by Crippen LogP contribution is 2.46. The average molecular weight is 500 g/mol. The van der Waals surface area contributed by atoms with Gasteiger partial charge >= 0.3 is 5.97 Å². The van der Waals surface area contributed by atoms with Gasteiger partial charge in [0.15, 0.2) is 5.78 Å². The fourth-order valence-electron chi connectivity index (χ4n) is 5.07. The van der Waals surface area contributed by atoms with Gasteiger partial charge in [-0.3, -0.25) is 4.79 Å². The fraction of sp³-hybridized carbons (Fsp3) is 0.267. The van der Waals surface area contributed by atoms with E-state index in [4.69, 9.17) is 9.47 Å². The SMILES string of the molecule is COc1ccc(COC(=O)C2=C(C)NC3=C(C(=O)C[C@H](c4ccc(C)cc4)C3)[C@@H]2c2cccs2)cc1. The molecule has 1 aromatic heterocycles. The Kier molecular flexibility index (Phi) is 6.79. The van der Waals surface area contributed by atoms with Crippen LogP contribution in [-0.4, -0.2) is 18.9 Å². The number of nitrogens with one attached hydrogen (secondary N) is 1. The van der Waals surface area contributed by atoms with Crippen molar-refractivity contribution in [2.75, 3.05) is 7.11 Å². The van der Waals surface area contributed by atoms with Crippen LogP contribution in [0.15, 0.2) is 88.6 Å². The number of allylic oxidation sites excluding steroid dienone is 3. The molecular formula is C30H29NO4S. The summed E-state index contributed by atoms with van der Waals surface area (Å²) >= 11 is 1.56. The second kappa shape index (κ2) is 10.2. The second-order valence-corrected chi connectivity index (χ2v) is 10.3. The van der Waals surface area contributed by atoms with Crippen LogP contribution in [0.3, 0.4) is 0 Å². The van der Waals surface area contributed by atoms with Crippen molar-refractivity contribution < 1.29 is 19.1 Å². The third kappa shape index (κ3) is 4.73. The van der Waals surface area contributed by atoms with E-state index in [2.05, 4.69) is 36.5 Å². The van der Waals surface area contributed by atoms with Crippen molar-refractivity contribution in [3.05, 3.63) is 110 Å². The number of benzene rings is 2. The van der Waals surface area contributed by atoms with E-state index < -0.39 is 11.9 Å². The predicted molar refractivity (Wildman–Crippen MR) is 141 cm³/mol. The Labute approximate surface area is 215 Å². The minimum Gasteiger partial charge on any atom is -0.497 e. The van der Waals surface area contributed by atoms with Crippen LogP contribution in [-0.2, 0) is 20.9 Å². The monoisotopic (exact) mass is 499 g/mol. The third-order valence-electron chi connectivity index (χ3n) is 6.95. The maximum atomic E-state index is 13.6. The summed E-state index contributed by atoms with van der Waals surface area (Å²) in [5.41, 5.74) is 6.10. The van der Waals surface area contributed by atoms with Crippen molar-refractivity contribution in [2.24, 2.45) is 0 Å². The van der Waals surface area contributed by atoms with Crippen LogP contribution in [0.4, 0.5) is 0 Å². The van der Waals surface area contributed by atoms with Gasteiger partial charge in [-0.1, -0.05) is 48.0 Å². The number of hydrogen-bond acceptors (Lipinski definition) is 6. The van der Waals surface area contributed by atoms with Gasteiger partial charge in [-0.05, 0) is 60.9 Å². The summed E-state index contributed by atoms with van der Waals surface area (Å²) in [7, 11) is 1.61. The Morgan fingerprint density at radius 3 is 2.44 bits per heavy atom. The first-order chi connectivity index (χ1) is 17.4. The molecule has 0 unspecified atom stereocenters. The van der Waals surface area contributed by atoms with Gasteiger partial charge in [0.2, 0.25) is 0 Å². The number of dihydropyridines is 1. The number of esters is 1. The van der Waals surface area contributed by atoms with E-state index in [1.165, 1.54) is 11.1 Å². The molecular weight excluding hydrogens is 470 g/mol. The molecule has 0 spiro atoms. The van der Waals surface area contributed by atoms with E-state index in [1.807, 2.05) is 48.7 Å². The first-order valence-corrected chi connectivity index (χ1v) is 13.0. The van der Waals surface area contributed by atoms with Crippen LogP contribution < -0.4 is 10.1 Å². The Hall–Kier alpha value is -3.64. The van der Waals surface area contributed by atoms with E-state index in [1.54, 1.807) is 18.4 Å². The van der Waals surface area contributed by atoms with Crippen molar-refractivity contribution in [2.45, 2.75) is 45.1 Å². The predicted octanol–water partition coefficient (Wildman–Crippen LogP) is 6.17. The van der Waals surface area contributed by atoms with Gasteiger partial charge < -0.3 is 14.8 Å². The Bertz CT molecular complexity index is 1330. The van der Waals surface area contributed by atoms with Gasteiger partial charge in [0, 0.05) is 28.3 Å². The lowest BCUT2D eigenvalue weighted by molar-refractivity contribution is -0.140. The van der Waals surface area contributed by atoms with Gasteiger partial charge in [-0.25, -0.2) is 4.79 Å². The summed E-state index contributed by atoms with van der Waals surface area (Å²) in [5.74, 6) is 0.118. The number of aryl methyl sites for hydroxylation is 1. The number of rotatable bonds is 6. The quantitative estimate of drug-likeness (QED) is 0.411. The zero-order chi connectivity index (χ0) is 25.2. The molecule has 2 atom stereocenters. The molecule has 1 aliphatic carbocycles. The topological polar surface area (TPSA) is 64.6 Å². The molecule has 0 amide bonds. The van der Waals surface area contributed by atoms with E-state index in [0.29, 0.717) is 17.6 Å². The van der Waals surface area contributed by atoms with Gasteiger partial charge in [0.05, 0.1) is 18.6 Å². The molecule has 0 saturated heterocycles. The molecule has 6 heteroatoms. The summed E-state index contributed by atoms with van der Waals surface area (Å²) in [6.07, 6.45) is 1.16. The maximum absolute atomic E-state index is 13.6. The van der Waals surface area contributed by atoms with Crippen molar-refractivity contribution >= 4 is 23.1 Å². The van der Waals surface area contributed by atoms with Gasteiger partial charge in [0.1, 0.15) is 12.4 Å². The largest absolute Gasteiger partial charge is 0.497 e. The summed E-state index contributed by atoms with van der Waals surface area (Å²) in [5, 5.41) is 5.40. The molecule has 0 radical (unpaired) electrons. The molecule has 2 aromatic carbocycles. The molecule has 2 aliphatic rings. The van der Waals surface area contributed by atoms with Crippen LogP contribution in [0.1, 0.15) is 53.2 Å². The maximum Gasteiger partial charge on any atom is 0.337 e. The van der Waals surface area contributed by atoms with Gasteiger partial charge in [-0.15, -0.1) is 11.3 Å². The summed E-state index contributed by atoms with van der Waals surface area (Å²) in [6, 6.07) is 19.8. The highest BCUT2D eigenvalue weighted by atomic mass is 32.1. The van der Waals surface area contributed by atoms with Crippen LogP contribution in [0.25, 0.3) is 0 Å². The molecule has 3 aromatic rings. The number of hydrogen-bond donors (Lipinski definition) is 1. The standard InChI is InChI=1S/C30H29NO4S/c1-18-6-10-21(11-7-18)22-15-24-28(25(32)16-22)29(26-5-4-14-36-26)27(19(2)31-24)30(33)35-17-20-8-12-23(34-3)13-9-20/h4-14,22,29,31H,15-17H2,1-3H3/t22-,29-/m1/s1. The lowest BCUT2D eigenvalue weighted by atomic mass is 9.73. The van der Waals surface area contributed by atoms with Crippen molar-refractivity contribution in [3.8, 4) is 5.75 Å². The van der Waals surface area contributed by atoms with Crippen molar-refractivity contribution in [1.82, 2.24) is 5.32 Å². The lowest BCUT2D eigenvalue weighted by Gasteiger charge is -2.36. The number of carbonyl (C=O) groups excluding carboxylic acids is 2.